The molecule has 0 aliphatic carbocycles. The minimum atomic E-state index is -0.476. The van der Waals surface area contributed by atoms with Gasteiger partial charge in [0.1, 0.15) is 6.07 Å². The molecule has 3 rings (SSSR count). The van der Waals surface area contributed by atoms with Crippen molar-refractivity contribution in [3.8, 4) is 17.5 Å². The highest BCUT2D eigenvalue weighted by atomic mass is 35.5. The highest BCUT2D eigenvalue weighted by molar-refractivity contribution is 8.00. The molecule has 1 heterocycles. The number of carbonyl (C=O) groups is 1. The molecule has 0 radical (unpaired) electrons. The van der Waals surface area contributed by atoms with Gasteiger partial charge in [0.05, 0.1) is 15.8 Å². The fourth-order valence-corrected chi connectivity index (χ4v) is 3.53. The van der Waals surface area contributed by atoms with Crippen LogP contribution in [0.2, 0.25) is 5.02 Å². The van der Waals surface area contributed by atoms with Crippen LogP contribution in [0.3, 0.4) is 0 Å². The first-order chi connectivity index (χ1) is 14.2. The van der Waals surface area contributed by atoms with Gasteiger partial charge in [0.2, 0.25) is 11.8 Å². The summed E-state index contributed by atoms with van der Waals surface area (Å²) in [4.78, 5) is 12.5. The van der Waals surface area contributed by atoms with E-state index in [4.69, 9.17) is 21.3 Å². The highest BCUT2D eigenvalue weighted by Gasteiger charge is 2.20. The van der Waals surface area contributed by atoms with E-state index >= 15 is 0 Å². The summed E-state index contributed by atoms with van der Waals surface area (Å²) in [7, 11) is 0. The average Bonchev–Trinajstić information content (AvgIpc) is 3.16. The average molecular weight is 441 g/mol. The molecule has 0 fully saturated rings. The minimum absolute atomic E-state index is 0.0658. The van der Waals surface area contributed by atoms with Gasteiger partial charge >= 0.3 is 0 Å². The van der Waals surface area contributed by atoms with Gasteiger partial charge < -0.3 is 9.73 Å². The zero-order valence-electron chi connectivity index (χ0n) is 17.1. The summed E-state index contributed by atoms with van der Waals surface area (Å²) in [6, 6.07) is 14.7. The van der Waals surface area contributed by atoms with Crippen molar-refractivity contribution < 1.29 is 9.21 Å². The molecular weight excluding hydrogens is 420 g/mol. The molecule has 6 nitrogen and oxygen atoms in total. The van der Waals surface area contributed by atoms with Gasteiger partial charge in [-0.15, -0.1) is 10.2 Å². The second-order valence-electron chi connectivity index (χ2n) is 7.76. The molecule has 1 unspecified atom stereocenters. The Bertz CT molecular complexity index is 1100. The van der Waals surface area contributed by atoms with E-state index < -0.39 is 5.25 Å². The van der Waals surface area contributed by atoms with E-state index in [0.29, 0.717) is 22.4 Å². The van der Waals surface area contributed by atoms with Crippen LogP contribution in [0.15, 0.2) is 52.1 Å². The van der Waals surface area contributed by atoms with Gasteiger partial charge in [0.25, 0.3) is 5.22 Å². The van der Waals surface area contributed by atoms with E-state index in [1.807, 2.05) is 30.3 Å². The van der Waals surface area contributed by atoms with Crippen LogP contribution >= 0.6 is 23.4 Å². The number of carbonyl (C=O) groups excluding carboxylic acids is 1. The first-order valence-corrected chi connectivity index (χ1v) is 10.5. The van der Waals surface area contributed by atoms with Crippen LogP contribution in [0.5, 0.6) is 0 Å². The number of thioether (sulfide) groups is 1. The van der Waals surface area contributed by atoms with Gasteiger partial charge in [-0.1, -0.05) is 56.3 Å². The first-order valence-electron chi connectivity index (χ1n) is 9.29. The Kier molecular flexibility index (Phi) is 6.49. The normalized spacial score (nSPS) is 12.3. The summed E-state index contributed by atoms with van der Waals surface area (Å²) in [6.07, 6.45) is 0. The molecule has 0 aliphatic rings. The molecule has 1 atom stereocenters. The molecule has 1 N–H and O–H groups in total. The van der Waals surface area contributed by atoms with Gasteiger partial charge in [0, 0.05) is 11.3 Å². The third-order valence-electron chi connectivity index (χ3n) is 4.41. The third kappa shape index (κ3) is 5.21. The van der Waals surface area contributed by atoms with Crippen molar-refractivity contribution in [3.05, 3.63) is 58.6 Å². The number of hydrogen-bond donors (Lipinski definition) is 1. The van der Waals surface area contributed by atoms with Gasteiger partial charge in [-0.25, -0.2) is 0 Å². The zero-order chi connectivity index (χ0) is 21.9. The van der Waals surface area contributed by atoms with E-state index in [1.54, 1.807) is 25.1 Å². The van der Waals surface area contributed by atoms with Gasteiger partial charge in [-0.3, -0.25) is 4.79 Å². The Morgan fingerprint density at radius 3 is 2.50 bits per heavy atom. The summed E-state index contributed by atoms with van der Waals surface area (Å²) in [5.74, 6) is 0.166. The second kappa shape index (κ2) is 8.90. The van der Waals surface area contributed by atoms with Crippen LogP contribution in [0, 0.1) is 11.3 Å². The summed E-state index contributed by atoms with van der Waals surface area (Å²) in [6.45, 7) is 8.21. The molecule has 0 saturated heterocycles. The predicted octanol–water partition coefficient (Wildman–Crippen LogP) is 5.68. The molecule has 30 heavy (non-hydrogen) atoms. The number of amides is 1. The molecule has 0 saturated carbocycles. The SMILES string of the molecule is CC(Sc1nnc(-c2ccc(C(C)(C)C)cc2)o1)C(=O)Nc1ccc(C#N)c(Cl)c1. The van der Waals surface area contributed by atoms with Crippen LogP contribution in [0.25, 0.3) is 11.5 Å². The monoisotopic (exact) mass is 440 g/mol. The molecule has 2 aromatic carbocycles. The Labute approximate surface area is 184 Å². The third-order valence-corrected chi connectivity index (χ3v) is 5.66. The lowest BCUT2D eigenvalue weighted by atomic mass is 9.87. The minimum Gasteiger partial charge on any atom is -0.411 e. The molecule has 0 bridgehead atoms. The molecule has 0 aliphatic heterocycles. The van der Waals surface area contributed by atoms with E-state index in [-0.39, 0.29) is 16.3 Å². The molecule has 1 amide bonds. The van der Waals surface area contributed by atoms with E-state index in [0.717, 1.165) is 5.56 Å². The van der Waals surface area contributed by atoms with Crippen molar-refractivity contribution in [2.45, 2.75) is 43.6 Å². The lowest BCUT2D eigenvalue weighted by Crippen LogP contribution is -2.22. The fourth-order valence-electron chi connectivity index (χ4n) is 2.62. The largest absolute Gasteiger partial charge is 0.411 e. The number of rotatable bonds is 5. The maximum Gasteiger partial charge on any atom is 0.277 e. The van der Waals surface area contributed by atoms with Crippen molar-refractivity contribution in [3.63, 3.8) is 0 Å². The number of benzene rings is 2. The van der Waals surface area contributed by atoms with Gasteiger partial charge in [-0.05, 0) is 48.2 Å². The Hall–Kier alpha value is -2.82. The fraction of sp³-hybridized carbons (Fsp3) is 0.273. The second-order valence-corrected chi connectivity index (χ2v) is 9.46. The Morgan fingerprint density at radius 1 is 1.20 bits per heavy atom. The lowest BCUT2D eigenvalue weighted by Gasteiger charge is -2.18. The van der Waals surface area contributed by atoms with Crippen molar-refractivity contribution in [2.24, 2.45) is 0 Å². The maximum atomic E-state index is 12.5. The van der Waals surface area contributed by atoms with Crippen LogP contribution < -0.4 is 5.32 Å². The number of nitriles is 1. The number of nitrogens with zero attached hydrogens (tertiary/aromatic N) is 3. The van der Waals surface area contributed by atoms with Gasteiger partial charge in [0.15, 0.2) is 0 Å². The van der Waals surface area contributed by atoms with Crippen molar-refractivity contribution in [1.29, 1.82) is 5.26 Å². The van der Waals surface area contributed by atoms with Crippen molar-refractivity contribution >= 4 is 35.0 Å². The smallest absolute Gasteiger partial charge is 0.277 e. The molecule has 0 spiro atoms. The number of hydrogen-bond acceptors (Lipinski definition) is 6. The molecule has 1 aromatic heterocycles. The van der Waals surface area contributed by atoms with Crippen LogP contribution in [0.1, 0.15) is 38.8 Å². The summed E-state index contributed by atoms with van der Waals surface area (Å²) in [5.41, 5.74) is 2.98. The standard InChI is InChI=1S/C22H21ClN4O2S/c1-13(19(28)25-17-10-7-15(12-24)18(23)11-17)30-21-27-26-20(29-21)14-5-8-16(9-6-14)22(2,3)4/h5-11,13H,1-4H3,(H,25,28). The predicted molar refractivity (Wildman–Crippen MR) is 119 cm³/mol. The zero-order valence-corrected chi connectivity index (χ0v) is 18.6. The van der Waals surface area contributed by atoms with Crippen molar-refractivity contribution in [2.75, 3.05) is 5.32 Å². The molecule has 154 valence electrons. The summed E-state index contributed by atoms with van der Waals surface area (Å²) in [5, 5.41) is 19.9. The number of nitrogens with one attached hydrogen (secondary N) is 1. The number of halogens is 1. The van der Waals surface area contributed by atoms with Crippen LogP contribution in [-0.2, 0) is 10.2 Å². The lowest BCUT2D eigenvalue weighted by molar-refractivity contribution is -0.115. The quantitative estimate of drug-likeness (QED) is 0.513. The Morgan fingerprint density at radius 2 is 1.90 bits per heavy atom. The van der Waals surface area contributed by atoms with Crippen LogP contribution in [0.4, 0.5) is 5.69 Å². The summed E-state index contributed by atoms with van der Waals surface area (Å²) >= 11 is 7.17. The van der Waals surface area contributed by atoms with E-state index in [9.17, 15) is 4.79 Å². The van der Waals surface area contributed by atoms with E-state index in [1.165, 1.54) is 17.3 Å². The highest BCUT2D eigenvalue weighted by Crippen LogP contribution is 2.29. The molecule has 8 heteroatoms. The van der Waals surface area contributed by atoms with E-state index in [2.05, 4.69) is 36.3 Å². The number of anilines is 1. The molecule has 3 aromatic rings. The first kappa shape index (κ1) is 21.9. The van der Waals surface area contributed by atoms with Crippen LogP contribution in [-0.4, -0.2) is 21.4 Å². The maximum absolute atomic E-state index is 12.5. The Balaban J connectivity index is 1.64. The summed E-state index contributed by atoms with van der Waals surface area (Å²) < 4.78 is 5.72. The number of aromatic nitrogens is 2. The topological polar surface area (TPSA) is 91.8 Å². The van der Waals surface area contributed by atoms with Gasteiger partial charge in [-0.2, -0.15) is 5.26 Å². The van der Waals surface area contributed by atoms with Crippen molar-refractivity contribution in [1.82, 2.24) is 10.2 Å². The molecular formula is C22H21ClN4O2S.